The van der Waals surface area contributed by atoms with Crippen LogP contribution in [0.25, 0.3) is 0 Å². The summed E-state index contributed by atoms with van der Waals surface area (Å²) in [6.45, 7) is 3.17. The van der Waals surface area contributed by atoms with Crippen LogP contribution in [0.15, 0.2) is 39.4 Å². The van der Waals surface area contributed by atoms with Gasteiger partial charge in [0.25, 0.3) is 11.8 Å². The van der Waals surface area contributed by atoms with Gasteiger partial charge in [0.15, 0.2) is 9.84 Å². The summed E-state index contributed by atoms with van der Waals surface area (Å²) in [5, 5.41) is -0.343. The van der Waals surface area contributed by atoms with Gasteiger partial charge in [0, 0.05) is 0 Å². The van der Waals surface area contributed by atoms with Gasteiger partial charge in [-0.1, -0.05) is 23.7 Å². The lowest BCUT2D eigenvalue weighted by atomic mass is 10.2. The number of hydrogen-bond donors (Lipinski definition) is 2. The van der Waals surface area contributed by atoms with Crippen LogP contribution in [0.2, 0.25) is 5.02 Å². The van der Waals surface area contributed by atoms with Gasteiger partial charge >= 0.3 is 0 Å². The van der Waals surface area contributed by atoms with Gasteiger partial charge in [-0.2, -0.15) is 0 Å². The third-order valence-electron chi connectivity index (χ3n) is 3.41. The van der Waals surface area contributed by atoms with Crippen molar-refractivity contribution in [3.8, 4) is 0 Å². The van der Waals surface area contributed by atoms with Crippen molar-refractivity contribution in [1.29, 1.82) is 0 Å². The molecule has 0 atom stereocenters. The van der Waals surface area contributed by atoms with E-state index in [4.69, 9.17) is 11.6 Å². The number of sulfone groups is 1. The van der Waals surface area contributed by atoms with E-state index in [1.54, 1.807) is 38.3 Å². The molecule has 1 aromatic heterocycles. The first-order valence-electron chi connectivity index (χ1n) is 7.45. The standard InChI is InChI=1S/C16H17ClN2O4S3/c1-9(2)26(22,23)13-8-12(25-16(13)24-3)15(21)19-18-14(20)10-6-4-5-7-11(10)17/h4-9H,1-3H3,(H,18,20)(H,19,21). The molecule has 2 aromatic rings. The number of benzene rings is 1. The van der Waals surface area contributed by atoms with E-state index in [0.717, 1.165) is 11.3 Å². The van der Waals surface area contributed by atoms with Gasteiger partial charge < -0.3 is 0 Å². The molecule has 10 heteroatoms. The highest BCUT2D eigenvalue weighted by atomic mass is 35.5. The minimum Gasteiger partial charge on any atom is -0.267 e. The van der Waals surface area contributed by atoms with E-state index in [0.29, 0.717) is 4.21 Å². The van der Waals surface area contributed by atoms with Crippen molar-refractivity contribution >= 4 is 56.4 Å². The zero-order chi connectivity index (χ0) is 19.5. The Kier molecular flexibility index (Phi) is 6.73. The summed E-state index contributed by atoms with van der Waals surface area (Å²) in [5.41, 5.74) is 4.77. The highest BCUT2D eigenvalue weighted by molar-refractivity contribution is 8.01. The van der Waals surface area contributed by atoms with E-state index in [9.17, 15) is 18.0 Å². The third kappa shape index (κ3) is 4.40. The summed E-state index contributed by atoms with van der Waals surface area (Å²) < 4.78 is 25.4. The molecule has 2 rings (SSSR count). The third-order valence-corrected chi connectivity index (χ3v) is 8.44. The Bertz CT molecular complexity index is 939. The van der Waals surface area contributed by atoms with E-state index in [2.05, 4.69) is 10.9 Å². The van der Waals surface area contributed by atoms with Crippen molar-refractivity contribution in [3.05, 3.63) is 45.8 Å². The summed E-state index contributed by atoms with van der Waals surface area (Å²) in [4.78, 5) is 24.7. The lowest BCUT2D eigenvalue weighted by Crippen LogP contribution is -2.41. The van der Waals surface area contributed by atoms with Crippen LogP contribution in [-0.2, 0) is 9.84 Å². The average Bonchev–Trinajstić information content (AvgIpc) is 3.05. The van der Waals surface area contributed by atoms with Crippen LogP contribution >= 0.6 is 34.7 Å². The van der Waals surface area contributed by atoms with Crippen molar-refractivity contribution in [2.24, 2.45) is 0 Å². The quantitative estimate of drug-likeness (QED) is 0.558. The number of carbonyl (C=O) groups excluding carboxylic acids is 2. The van der Waals surface area contributed by atoms with Crippen molar-refractivity contribution in [3.63, 3.8) is 0 Å². The first-order valence-corrected chi connectivity index (χ1v) is 11.4. The van der Waals surface area contributed by atoms with Crippen LogP contribution in [0.4, 0.5) is 0 Å². The van der Waals surface area contributed by atoms with Crippen molar-refractivity contribution in [2.45, 2.75) is 28.2 Å². The molecule has 0 aliphatic carbocycles. The number of rotatable bonds is 5. The van der Waals surface area contributed by atoms with E-state index in [1.807, 2.05) is 0 Å². The fraction of sp³-hybridized carbons (Fsp3) is 0.250. The van der Waals surface area contributed by atoms with E-state index in [-0.39, 0.29) is 20.4 Å². The molecule has 0 radical (unpaired) electrons. The minimum atomic E-state index is -3.51. The molecule has 0 aliphatic rings. The monoisotopic (exact) mass is 432 g/mol. The lowest BCUT2D eigenvalue weighted by molar-refractivity contribution is 0.0849. The van der Waals surface area contributed by atoms with Crippen LogP contribution < -0.4 is 10.9 Å². The Morgan fingerprint density at radius 1 is 1.15 bits per heavy atom. The largest absolute Gasteiger partial charge is 0.279 e. The highest BCUT2D eigenvalue weighted by Crippen LogP contribution is 2.35. The Morgan fingerprint density at radius 2 is 1.77 bits per heavy atom. The number of hydrogen-bond acceptors (Lipinski definition) is 6. The zero-order valence-corrected chi connectivity index (χ0v) is 17.4. The molecule has 1 heterocycles. The lowest BCUT2D eigenvalue weighted by Gasteiger charge is -2.07. The predicted molar refractivity (Wildman–Crippen MR) is 105 cm³/mol. The molecular formula is C16H17ClN2O4S3. The van der Waals surface area contributed by atoms with Gasteiger partial charge in [-0.05, 0) is 38.3 Å². The summed E-state index contributed by atoms with van der Waals surface area (Å²) in [5.74, 6) is -1.17. The maximum Gasteiger partial charge on any atom is 0.279 e. The number of halogens is 1. The number of hydrazine groups is 1. The average molecular weight is 433 g/mol. The molecule has 0 saturated heterocycles. The van der Waals surface area contributed by atoms with Gasteiger partial charge in [-0.15, -0.1) is 23.1 Å². The molecule has 6 nitrogen and oxygen atoms in total. The number of amides is 2. The second kappa shape index (κ2) is 8.43. The molecule has 0 spiro atoms. The Balaban J connectivity index is 2.17. The van der Waals surface area contributed by atoms with E-state index < -0.39 is 26.9 Å². The van der Waals surface area contributed by atoms with Gasteiger partial charge in [-0.25, -0.2) is 8.42 Å². The fourth-order valence-electron chi connectivity index (χ4n) is 1.95. The maximum absolute atomic E-state index is 12.4. The molecule has 2 N–H and O–H groups in total. The van der Waals surface area contributed by atoms with E-state index in [1.165, 1.54) is 23.9 Å². The number of nitrogens with one attached hydrogen (secondary N) is 2. The minimum absolute atomic E-state index is 0.132. The Labute approximate surface area is 165 Å². The molecule has 1 aromatic carbocycles. The van der Waals surface area contributed by atoms with Crippen LogP contribution in [0.5, 0.6) is 0 Å². The highest BCUT2D eigenvalue weighted by Gasteiger charge is 2.27. The first-order chi connectivity index (χ1) is 12.2. The van der Waals surface area contributed by atoms with Crippen LogP contribution in [-0.4, -0.2) is 31.7 Å². The molecule has 0 saturated carbocycles. The van der Waals surface area contributed by atoms with Gasteiger partial charge in [0.1, 0.15) is 0 Å². The molecule has 2 amide bonds. The van der Waals surface area contributed by atoms with Crippen LogP contribution in [0, 0.1) is 0 Å². The summed E-state index contributed by atoms with van der Waals surface area (Å²) in [7, 11) is -3.51. The maximum atomic E-state index is 12.4. The Hall–Kier alpha value is -1.55. The molecule has 0 bridgehead atoms. The summed E-state index contributed by atoms with van der Waals surface area (Å²) in [6, 6.07) is 7.75. The van der Waals surface area contributed by atoms with Crippen LogP contribution in [0.1, 0.15) is 33.9 Å². The second-order valence-electron chi connectivity index (χ2n) is 5.45. The summed E-state index contributed by atoms with van der Waals surface area (Å²) >= 11 is 8.25. The molecule has 0 fully saturated rings. The van der Waals surface area contributed by atoms with Crippen molar-refractivity contribution in [2.75, 3.05) is 6.26 Å². The molecular weight excluding hydrogens is 416 g/mol. The molecule has 0 aliphatic heterocycles. The zero-order valence-electron chi connectivity index (χ0n) is 14.2. The Morgan fingerprint density at radius 3 is 2.35 bits per heavy atom. The van der Waals surface area contributed by atoms with E-state index >= 15 is 0 Å². The number of thiophene rings is 1. The first kappa shape index (κ1) is 20.8. The fourth-order valence-corrected chi connectivity index (χ4v) is 5.88. The van der Waals surface area contributed by atoms with Gasteiger partial charge in [0.05, 0.1) is 29.8 Å². The molecule has 26 heavy (non-hydrogen) atoms. The van der Waals surface area contributed by atoms with Crippen molar-refractivity contribution in [1.82, 2.24) is 10.9 Å². The SMILES string of the molecule is CSc1sc(C(=O)NNC(=O)c2ccccc2Cl)cc1S(=O)(=O)C(C)C. The number of thioether (sulfide) groups is 1. The summed E-state index contributed by atoms with van der Waals surface area (Å²) in [6.07, 6.45) is 1.74. The second-order valence-corrected chi connectivity index (χ2v) is 10.5. The molecule has 0 unspecified atom stereocenters. The molecule has 140 valence electrons. The van der Waals surface area contributed by atoms with Crippen molar-refractivity contribution < 1.29 is 18.0 Å². The topological polar surface area (TPSA) is 92.3 Å². The smallest absolute Gasteiger partial charge is 0.267 e. The predicted octanol–water partition coefficient (Wildman–Crippen LogP) is 3.38. The van der Waals surface area contributed by atoms with Gasteiger partial charge in [-0.3, -0.25) is 20.4 Å². The normalized spacial score (nSPS) is 11.4. The number of carbonyl (C=O) groups is 2. The van der Waals surface area contributed by atoms with Crippen LogP contribution in [0.3, 0.4) is 0 Å². The van der Waals surface area contributed by atoms with Gasteiger partial charge in [0.2, 0.25) is 0 Å².